The van der Waals surface area contributed by atoms with E-state index in [1.807, 2.05) is 9.80 Å². The molecule has 0 aromatic heterocycles. The Morgan fingerprint density at radius 2 is 1.32 bits per heavy atom. The number of carbonyl (C=O) groups excluding carboxylic acids is 3. The maximum absolute atomic E-state index is 13.7. The molecule has 28 heavy (non-hydrogen) atoms. The lowest BCUT2D eigenvalue weighted by atomic mass is 9.49. The van der Waals surface area contributed by atoms with E-state index in [0.717, 1.165) is 56.4 Å². The fourth-order valence-corrected chi connectivity index (χ4v) is 7.40. The van der Waals surface area contributed by atoms with Crippen molar-refractivity contribution in [3.8, 4) is 0 Å². The molecule has 6 rings (SSSR count). The first-order chi connectivity index (χ1) is 13.4. The van der Waals surface area contributed by atoms with E-state index in [0.29, 0.717) is 32.1 Å². The third-order valence-electron chi connectivity index (χ3n) is 8.33. The van der Waals surface area contributed by atoms with Crippen LogP contribution in [0.2, 0.25) is 0 Å². The number of amides is 3. The number of likely N-dealkylation sites (tertiary alicyclic amines) is 1. The van der Waals surface area contributed by atoms with Crippen molar-refractivity contribution in [2.24, 2.45) is 23.2 Å². The molecule has 6 heteroatoms. The van der Waals surface area contributed by atoms with Gasteiger partial charge in [0.25, 0.3) is 0 Å². The van der Waals surface area contributed by atoms with E-state index in [1.54, 1.807) is 11.8 Å². The molecule has 4 bridgehead atoms. The van der Waals surface area contributed by atoms with Crippen molar-refractivity contribution >= 4 is 17.7 Å². The van der Waals surface area contributed by atoms with Crippen molar-refractivity contribution in [2.45, 2.75) is 64.3 Å². The molecule has 6 fully saturated rings. The van der Waals surface area contributed by atoms with Gasteiger partial charge in [0.1, 0.15) is 6.04 Å². The summed E-state index contributed by atoms with van der Waals surface area (Å²) in [4.78, 5) is 44.2. The summed E-state index contributed by atoms with van der Waals surface area (Å²) in [7, 11) is 0. The van der Waals surface area contributed by atoms with Crippen LogP contribution in [0.25, 0.3) is 0 Å². The van der Waals surface area contributed by atoms with Crippen LogP contribution in [0.5, 0.6) is 0 Å². The van der Waals surface area contributed by atoms with Crippen molar-refractivity contribution < 1.29 is 14.4 Å². The maximum atomic E-state index is 13.7. The molecule has 0 aromatic rings. The zero-order valence-electron chi connectivity index (χ0n) is 17.1. The van der Waals surface area contributed by atoms with Crippen LogP contribution in [0.1, 0.15) is 58.3 Å². The first-order valence-corrected chi connectivity index (χ1v) is 11.3. The Hall–Kier alpha value is -1.59. The lowest BCUT2D eigenvalue weighted by Crippen LogP contribution is -2.59. The summed E-state index contributed by atoms with van der Waals surface area (Å²) in [6.45, 7) is 4.72. The van der Waals surface area contributed by atoms with Gasteiger partial charge in [-0.25, -0.2) is 0 Å². The van der Waals surface area contributed by atoms with E-state index in [-0.39, 0.29) is 23.3 Å². The van der Waals surface area contributed by atoms with Gasteiger partial charge in [0.05, 0.1) is 5.41 Å². The summed E-state index contributed by atoms with van der Waals surface area (Å²) in [6.07, 6.45) is 8.90. The molecular weight excluding hydrogens is 354 g/mol. The van der Waals surface area contributed by atoms with Crippen molar-refractivity contribution in [2.75, 3.05) is 32.7 Å². The minimum absolute atomic E-state index is 0.0755. The third kappa shape index (κ3) is 2.94. The van der Waals surface area contributed by atoms with Gasteiger partial charge in [0, 0.05) is 39.6 Å². The SMILES string of the molecule is CC(=O)N1CCN(C(=O)C2CCCN2C(=O)C23CC4CC(CC(C4)C2)C3)CC1. The lowest BCUT2D eigenvalue weighted by molar-refractivity contribution is -0.162. The van der Waals surface area contributed by atoms with E-state index in [4.69, 9.17) is 0 Å². The Kier molecular flexibility index (Phi) is 4.44. The average molecular weight is 388 g/mol. The molecule has 154 valence electrons. The molecule has 3 amide bonds. The first-order valence-electron chi connectivity index (χ1n) is 11.3. The van der Waals surface area contributed by atoms with Gasteiger partial charge < -0.3 is 14.7 Å². The Morgan fingerprint density at radius 3 is 1.86 bits per heavy atom. The second-order valence-corrected chi connectivity index (χ2v) is 10.2. The van der Waals surface area contributed by atoms with Gasteiger partial charge in [-0.2, -0.15) is 0 Å². The van der Waals surface area contributed by atoms with Gasteiger partial charge in [0.2, 0.25) is 17.7 Å². The Balaban J connectivity index is 1.29. The van der Waals surface area contributed by atoms with Crippen LogP contribution in [-0.4, -0.2) is 71.2 Å². The van der Waals surface area contributed by atoms with Gasteiger partial charge >= 0.3 is 0 Å². The zero-order valence-corrected chi connectivity index (χ0v) is 17.1. The number of piperazine rings is 1. The predicted molar refractivity (Wildman–Crippen MR) is 104 cm³/mol. The summed E-state index contributed by atoms with van der Waals surface area (Å²) in [5.41, 5.74) is -0.162. The van der Waals surface area contributed by atoms with E-state index in [2.05, 4.69) is 0 Å². The van der Waals surface area contributed by atoms with E-state index < -0.39 is 0 Å². The van der Waals surface area contributed by atoms with Crippen LogP contribution in [0.4, 0.5) is 0 Å². The standard InChI is InChI=1S/C22H33N3O3/c1-15(26)23-5-7-24(8-6-23)20(27)19-3-2-4-25(19)21(28)22-12-16-9-17(13-22)11-18(10-16)14-22/h16-19H,2-14H2,1H3. The number of hydrogen-bond donors (Lipinski definition) is 0. The second-order valence-electron chi connectivity index (χ2n) is 10.2. The highest BCUT2D eigenvalue weighted by atomic mass is 16.2. The van der Waals surface area contributed by atoms with Gasteiger partial charge in [-0.15, -0.1) is 0 Å². The summed E-state index contributed by atoms with van der Waals surface area (Å²) < 4.78 is 0. The summed E-state index contributed by atoms with van der Waals surface area (Å²) in [5, 5.41) is 0. The molecule has 0 aromatic carbocycles. The number of rotatable bonds is 2. The molecule has 2 saturated heterocycles. The van der Waals surface area contributed by atoms with Gasteiger partial charge in [-0.1, -0.05) is 0 Å². The van der Waals surface area contributed by atoms with Crippen molar-refractivity contribution in [1.29, 1.82) is 0 Å². The van der Waals surface area contributed by atoms with Crippen LogP contribution in [0, 0.1) is 23.2 Å². The van der Waals surface area contributed by atoms with Crippen molar-refractivity contribution in [3.05, 3.63) is 0 Å². The van der Waals surface area contributed by atoms with Crippen LogP contribution >= 0.6 is 0 Å². The molecule has 0 spiro atoms. The minimum Gasteiger partial charge on any atom is -0.339 e. The smallest absolute Gasteiger partial charge is 0.245 e. The van der Waals surface area contributed by atoms with Crippen LogP contribution < -0.4 is 0 Å². The van der Waals surface area contributed by atoms with Gasteiger partial charge in [0.15, 0.2) is 0 Å². The van der Waals surface area contributed by atoms with Crippen LogP contribution in [-0.2, 0) is 14.4 Å². The molecule has 4 aliphatic carbocycles. The third-order valence-corrected chi connectivity index (χ3v) is 8.33. The fourth-order valence-electron chi connectivity index (χ4n) is 7.40. The lowest BCUT2D eigenvalue weighted by Gasteiger charge is -2.56. The maximum Gasteiger partial charge on any atom is 0.245 e. The fraction of sp³-hybridized carbons (Fsp3) is 0.864. The highest BCUT2D eigenvalue weighted by Crippen LogP contribution is 2.60. The Morgan fingerprint density at radius 1 is 0.786 bits per heavy atom. The number of carbonyl (C=O) groups is 3. The summed E-state index contributed by atoms with van der Waals surface area (Å²) in [6, 6.07) is -0.274. The largest absolute Gasteiger partial charge is 0.339 e. The monoisotopic (exact) mass is 387 g/mol. The average Bonchev–Trinajstić information content (AvgIpc) is 3.15. The Labute approximate surface area is 167 Å². The normalized spacial score (nSPS) is 39.5. The zero-order chi connectivity index (χ0) is 19.5. The molecule has 0 N–H and O–H groups in total. The van der Waals surface area contributed by atoms with E-state index in [9.17, 15) is 14.4 Å². The predicted octanol–water partition coefficient (Wildman–Crippen LogP) is 1.88. The molecule has 1 atom stereocenters. The molecule has 6 nitrogen and oxygen atoms in total. The quantitative estimate of drug-likeness (QED) is 0.727. The molecule has 6 aliphatic rings. The first kappa shape index (κ1) is 18.4. The molecule has 2 heterocycles. The molecule has 4 saturated carbocycles. The van der Waals surface area contributed by atoms with E-state index in [1.165, 1.54) is 19.3 Å². The molecular formula is C22H33N3O3. The van der Waals surface area contributed by atoms with Gasteiger partial charge in [-0.3, -0.25) is 14.4 Å². The minimum atomic E-state index is -0.274. The van der Waals surface area contributed by atoms with Gasteiger partial charge in [-0.05, 0) is 69.1 Å². The topological polar surface area (TPSA) is 60.9 Å². The number of hydrogen-bond acceptors (Lipinski definition) is 3. The molecule has 2 aliphatic heterocycles. The summed E-state index contributed by atoms with van der Waals surface area (Å²) in [5.74, 6) is 2.71. The van der Waals surface area contributed by atoms with Crippen LogP contribution in [0.15, 0.2) is 0 Å². The highest BCUT2D eigenvalue weighted by molar-refractivity contribution is 5.91. The molecule has 1 unspecified atom stereocenters. The second kappa shape index (κ2) is 6.74. The van der Waals surface area contributed by atoms with Crippen LogP contribution in [0.3, 0.4) is 0 Å². The molecule has 0 radical (unpaired) electrons. The Bertz CT molecular complexity index is 647. The summed E-state index contributed by atoms with van der Waals surface area (Å²) >= 11 is 0. The highest BCUT2D eigenvalue weighted by Gasteiger charge is 2.57. The van der Waals surface area contributed by atoms with Crippen molar-refractivity contribution in [3.63, 3.8) is 0 Å². The van der Waals surface area contributed by atoms with Crippen molar-refractivity contribution in [1.82, 2.24) is 14.7 Å². The van der Waals surface area contributed by atoms with E-state index >= 15 is 0 Å². The number of nitrogens with zero attached hydrogens (tertiary/aromatic N) is 3.